The summed E-state index contributed by atoms with van der Waals surface area (Å²) in [4.78, 5) is 43.5. The van der Waals surface area contributed by atoms with Crippen LogP contribution in [0.15, 0.2) is 24.8 Å². The Balaban J connectivity index is -0.000000231. The van der Waals surface area contributed by atoms with Gasteiger partial charge in [-0.3, -0.25) is 0 Å². The number of ether oxygens (including phenoxy) is 4. The van der Waals surface area contributed by atoms with E-state index in [0.717, 1.165) is 12.5 Å². The molecule has 10 heteroatoms. The number of rotatable bonds is 11. The molecular formula is C20H38N2O8. The lowest BCUT2D eigenvalue weighted by Gasteiger charge is -2.11. The molecule has 10 nitrogen and oxygen atoms in total. The third-order valence-electron chi connectivity index (χ3n) is 2.96. The summed E-state index contributed by atoms with van der Waals surface area (Å²) in [7, 11) is 0. The lowest BCUT2D eigenvalue weighted by atomic mass is 10.3. The molecule has 0 saturated heterocycles. The van der Waals surface area contributed by atoms with Crippen molar-refractivity contribution in [3.05, 3.63) is 24.8 Å². The fourth-order valence-electron chi connectivity index (χ4n) is 1.35. The van der Waals surface area contributed by atoms with E-state index in [1.165, 1.54) is 0 Å². The predicted octanol–water partition coefficient (Wildman–Crippen LogP) is 2.97. The third kappa shape index (κ3) is 19.7. The number of carbonyl (C=O) groups is 4. The van der Waals surface area contributed by atoms with Gasteiger partial charge in [-0.05, 0) is 34.1 Å². The summed E-state index contributed by atoms with van der Waals surface area (Å²) < 4.78 is 19.1. The lowest BCUT2D eigenvalue weighted by Crippen LogP contribution is -2.30. The van der Waals surface area contributed by atoms with Gasteiger partial charge in [-0.15, -0.1) is 0 Å². The largest absolute Gasteiger partial charge is 0.461 e. The van der Waals surface area contributed by atoms with Crippen LogP contribution in [0.25, 0.3) is 0 Å². The van der Waals surface area contributed by atoms with Crippen molar-refractivity contribution in [1.29, 1.82) is 0 Å². The van der Waals surface area contributed by atoms with Crippen molar-refractivity contribution in [2.75, 3.05) is 26.3 Å². The summed E-state index contributed by atoms with van der Waals surface area (Å²) in [6.45, 7) is 16.1. The van der Waals surface area contributed by atoms with Crippen molar-refractivity contribution in [2.24, 2.45) is 0 Å². The van der Waals surface area contributed by atoms with Crippen molar-refractivity contribution in [3.63, 3.8) is 0 Å². The molecule has 0 aromatic rings. The second-order valence-corrected chi connectivity index (χ2v) is 6.22. The Morgan fingerprint density at radius 1 is 0.967 bits per heavy atom. The van der Waals surface area contributed by atoms with Gasteiger partial charge in [0.1, 0.15) is 19.3 Å². The summed E-state index contributed by atoms with van der Waals surface area (Å²) in [5.74, 6) is -0.971. The van der Waals surface area contributed by atoms with Gasteiger partial charge < -0.3 is 29.6 Å². The van der Waals surface area contributed by atoms with E-state index in [2.05, 4.69) is 28.5 Å². The number of amides is 2. The summed E-state index contributed by atoms with van der Waals surface area (Å²) in [6.07, 6.45) is 0.537. The second kappa shape index (κ2) is 18.0. The van der Waals surface area contributed by atoms with Crippen LogP contribution in [0.3, 0.4) is 0 Å². The van der Waals surface area contributed by atoms with Crippen LogP contribution in [0.2, 0.25) is 0 Å². The molecule has 0 aromatic carbocycles. The van der Waals surface area contributed by atoms with Crippen LogP contribution in [0.5, 0.6) is 0 Å². The fourth-order valence-corrected chi connectivity index (χ4v) is 1.35. The van der Waals surface area contributed by atoms with Gasteiger partial charge >= 0.3 is 24.1 Å². The number of hydrogen-bond acceptors (Lipinski definition) is 8. The van der Waals surface area contributed by atoms with E-state index in [-0.39, 0.29) is 41.4 Å². The molecule has 0 radical (unpaired) electrons. The molecule has 0 spiro atoms. The zero-order chi connectivity index (χ0) is 23.5. The molecule has 0 heterocycles. The Bertz CT molecular complexity index is 586. The molecule has 0 saturated carbocycles. The molecule has 0 fully saturated rings. The molecule has 0 aliphatic rings. The highest BCUT2D eigenvalue weighted by molar-refractivity contribution is 5.86. The van der Waals surface area contributed by atoms with E-state index in [1.54, 1.807) is 27.7 Å². The van der Waals surface area contributed by atoms with Crippen molar-refractivity contribution in [3.8, 4) is 0 Å². The zero-order valence-electron chi connectivity index (χ0n) is 18.4. The average Bonchev–Trinajstić information content (AvgIpc) is 2.67. The molecule has 0 aliphatic heterocycles. The van der Waals surface area contributed by atoms with E-state index in [4.69, 9.17) is 14.2 Å². The monoisotopic (exact) mass is 434 g/mol. The van der Waals surface area contributed by atoms with Crippen LogP contribution >= 0.6 is 0 Å². The molecule has 0 bridgehead atoms. The Hall–Kier alpha value is -3.04. The van der Waals surface area contributed by atoms with E-state index in [9.17, 15) is 19.2 Å². The zero-order valence-corrected chi connectivity index (χ0v) is 18.4. The quantitative estimate of drug-likeness (QED) is 0.220. The molecule has 0 aliphatic carbocycles. The first-order valence-corrected chi connectivity index (χ1v) is 9.54. The normalized spacial score (nSPS) is 10.5. The highest BCUT2D eigenvalue weighted by Gasteiger charge is 2.07. The Morgan fingerprint density at radius 3 is 1.90 bits per heavy atom. The van der Waals surface area contributed by atoms with Crippen LogP contribution in [0.4, 0.5) is 9.59 Å². The maximum Gasteiger partial charge on any atom is 0.407 e. The lowest BCUT2D eigenvalue weighted by molar-refractivity contribution is -0.139. The second-order valence-electron chi connectivity index (χ2n) is 6.22. The smallest absolute Gasteiger partial charge is 0.407 e. The highest BCUT2D eigenvalue weighted by atomic mass is 16.6. The summed E-state index contributed by atoms with van der Waals surface area (Å²) in [6, 6.07) is 0. The van der Waals surface area contributed by atoms with Crippen molar-refractivity contribution in [1.82, 2.24) is 10.6 Å². The molecule has 30 heavy (non-hydrogen) atoms. The van der Waals surface area contributed by atoms with Gasteiger partial charge in [-0.25, -0.2) is 19.2 Å². The number of alkyl carbamates (subject to hydrolysis) is 2. The molecule has 0 rings (SSSR count). The van der Waals surface area contributed by atoms with Crippen LogP contribution in [-0.2, 0) is 28.5 Å². The number of esters is 2. The first kappa shape index (κ1) is 29.2. The van der Waals surface area contributed by atoms with Gasteiger partial charge in [0.05, 0.1) is 19.2 Å². The number of carbonyl (C=O) groups excluding carboxylic acids is 4. The Kier molecular flexibility index (Phi) is 17.5. The average molecular weight is 435 g/mol. The van der Waals surface area contributed by atoms with Gasteiger partial charge in [-0.2, -0.15) is 0 Å². The number of nitrogens with one attached hydrogen (secondary N) is 2. The van der Waals surface area contributed by atoms with E-state index < -0.39 is 24.1 Å². The molecule has 0 aromatic heterocycles. The standard InChI is InChI=1S/2C10H17NO4.2H2/c1-7(2)9(12)14-6-5-11-10(13)15-8(3)4;1-4-8(3)15-10(13)11-6-7-14-9(12)5-2;;/h8H,1,5-6H2,2-4H3,(H,11,13);5,8H,2,4,6-7H2,1,3H3,(H,11,13);2*1H. The minimum absolute atomic E-state index is 0. The van der Waals surface area contributed by atoms with Crippen LogP contribution < -0.4 is 10.6 Å². The van der Waals surface area contributed by atoms with Crippen molar-refractivity contribution >= 4 is 24.1 Å². The van der Waals surface area contributed by atoms with Crippen molar-refractivity contribution < 1.29 is 41.0 Å². The van der Waals surface area contributed by atoms with Gasteiger partial charge in [0, 0.05) is 14.5 Å². The fraction of sp³-hybridized carbons (Fsp3) is 0.600. The van der Waals surface area contributed by atoms with Gasteiger partial charge in [0.2, 0.25) is 0 Å². The summed E-state index contributed by atoms with van der Waals surface area (Å²) >= 11 is 0. The minimum atomic E-state index is -0.517. The van der Waals surface area contributed by atoms with Crippen molar-refractivity contribution in [2.45, 2.75) is 53.2 Å². The predicted molar refractivity (Wildman–Crippen MR) is 115 cm³/mol. The van der Waals surface area contributed by atoms with Crippen LogP contribution in [0.1, 0.15) is 43.9 Å². The maximum atomic E-state index is 11.0. The molecule has 176 valence electrons. The number of hydrogen-bond donors (Lipinski definition) is 2. The first-order valence-electron chi connectivity index (χ1n) is 9.54. The molecule has 1 unspecified atom stereocenters. The molecule has 2 N–H and O–H groups in total. The van der Waals surface area contributed by atoms with Gasteiger partial charge in [0.25, 0.3) is 0 Å². The first-order chi connectivity index (χ1) is 14.0. The van der Waals surface area contributed by atoms with Gasteiger partial charge in [0.15, 0.2) is 0 Å². The molecule has 2 amide bonds. The Morgan fingerprint density at radius 2 is 1.47 bits per heavy atom. The van der Waals surface area contributed by atoms with Gasteiger partial charge in [-0.1, -0.05) is 20.1 Å². The topological polar surface area (TPSA) is 129 Å². The van der Waals surface area contributed by atoms with Crippen LogP contribution in [0, 0.1) is 0 Å². The minimum Gasteiger partial charge on any atom is -0.461 e. The third-order valence-corrected chi connectivity index (χ3v) is 2.96. The molecular weight excluding hydrogens is 396 g/mol. The van der Waals surface area contributed by atoms with E-state index >= 15 is 0 Å². The molecule has 1 atom stereocenters. The Labute approximate surface area is 180 Å². The maximum absolute atomic E-state index is 11.0. The van der Waals surface area contributed by atoms with Crippen LogP contribution in [-0.4, -0.2) is 62.6 Å². The SMILES string of the molecule is C=C(C)C(=O)OCCNC(=O)OC(C)C.C=CC(=O)OCCNC(=O)OC(C)CC.[HH].[HH]. The van der Waals surface area contributed by atoms with E-state index in [1.807, 2.05) is 6.92 Å². The van der Waals surface area contributed by atoms with E-state index in [0.29, 0.717) is 5.57 Å². The summed E-state index contributed by atoms with van der Waals surface area (Å²) in [5, 5.41) is 4.89. The highest BCUT2D eigenvalue weighted by Crippen LogP contribution is 1.95. The summed E-state index contributed by atoms with van der Waals surface area (Å²) in [5.41, 5.74) is 0.333.